The van der Waals surface area contributed by atoms with Gasteiger partial charge < -0.3 is 0 Å². The number of allylic oxidation sites excluding steroid dienone is 1. The summed E-state index contributed by atoms with van der Waals surface area (Å²) in [4.78, 5) is 0. The van der Waals surface area contributed by atoms with Gasteiger partial charge >= 0.3 is 263 Å². The molecule has 203 valence electrons. The molecule has 0 heterocycles. The summed E-state index contributed by atoms with van der Waals surface area (Å²) in [7, 11) is 13.6. The molecule has 42 heavy (non-hydrogen) atoms. The van der Waals surface area contributed by atoms with Gasteiger partial charge in [0.1, 0.15) is 0 Å². The summed E-state index contributed by atoms with van der Waals surface area (Å²) in [5.41, 5.74) is 8.18. The molecular weight excluding hydrogens is 591 g/mol. The second-order valence-corrected chi connectivity index (χ2v) is 15.2. The van der Waals surface area contributed by atoms with Gasteiger partial charge in [0.2, 0.25) is 0 Å². The fourth-order valence-electron chi connectivity index (χ4n) is 6.55. The molecule has 1 unspecified atom stereocenters. The summed E-state index contributed by atoms with van der Waals surface area (Å²) in [5.74, 6) is -0.0206. The van der Waals surface area contributed by atoms with Crippen molar-refractivity contribution < 1.29 is 19.5 Å². The molecule has 0 bridgehead atoms. The van der Waals surface area contributed by atoms with Crippen molar-refractivity contribution in [3.63, 3.8) is 0 Å². The van der Waals surface area contributed by atoms with Crippen LogP contribution in [0.1, 0.15) is 44.9 Å². The molecule has 1 aliphatic carbocycles. The van der Waals surface area contributed by atoms with Gasteiger partial charge in [0, 0.05) is 0 Å². The summed E-state index contributed by atoms with van der Waals surface area (Å²) in [5, 5.41) is 2.26. The van der Waals surface area contributed by atoms with Crippen LogP contribution in [0.15, 0.2) is 152 Å². The Balaban J connectivity index is 1.63. The number of hydrogen-bond donors (Lipinski definition) is 0. The van der Waals surface area contributed by atoms with Crippen molar-refractivity contribution >= 4 is 41.0 Å². The molecule has 0 radical (unpaired) electrons. The monoisotopic (exact) mass is 617 g/mol. The number of rotatable bonds is 7. The molecule has 7 rings (SSSR count). The average molecular weight is 618 g/mol. The quantitative estimate of drug-likeness (QED) is 0.128. The number of benzene rings is 6. The van der Waals surface area contributed by atoms with E-state index in [1.54, 1.807) is 0 Å². The molecule has 0 saturated heterocycles. The van der Waals surface area contributed by atoms with Crippen LogP contribution in [0.5, 0.6) is 0 Å². The Labute approximate surface area is 261 Å². The van der Waals surface area contributed by atoms with Crippen molar-refractivity contribution in [2.45, 2.75) is 11.5 Å². The van der Waals surface area contributed by atoms with Crippen LogP contribution in [0.4, 0.5) is 0 Å². The number of halogens is 2. The second kappa shape index (κ2) is 11.7. The Bertz CT molecular complexity index is 1850. The number of fused-ring (bicyclic) bond motifs is 2. The van der Waals surface area contributed by atoms with E-state index in [1.165, 1.54) is 27.8 Å². The van der Waals surface area contributed by atoms with Crippen LogP contribution in [0.3, 0.4) is 0 Å². The third-order valence-corrected chi connectivity index (χ3v) is 9.61. The molecule has 1 nitrogen and oxygen atoms in total. The van der Waals surface area contributed by atoms with Crippen molar-refractivity contribution in [1.82, 2.24) is 0 Å². The third kappa shape index (κ3) is 4.76. The van der Waals surface area contributed by atoms with Crippen molar-refractivity contribution in [3.8, 4) is 0 Å². The molecule has 0 aliphatic heterocycles. The first-order chi connectivity index (χ1) is 20.7. The van der Waals surface area contributed by atoms with Crippen molar-refractivity contribution in [3.05, 3.63) is 191 Å². The van der Waals surface area contributed by atoms with Crippen LogP contribution in [-0.4, -0.2) is 0 Å². The van der Waals surface area contributed by atoms with Crippen LogP contribution < -0.4 is 0 Å². The van der Waals surface area contributed by atoms with E-state index in [9.17, 15) is 0 Å². The summed E-state index contributed by atoms with van der Waals surface area (Å²) >= 11 is -2.97. The Hall–Kier alpha value is -3.43. The van der Waals surface area contributed by atoms with Gasteiger partial charge in [0.15, 0.2) is 0 Å². The van der Waals surface area contributed by atoms with Crippen molar-refractivity contribution in [2.75, 3.05) is 0 Å². The zero-order chi connectivity index (χ0) is 28.5. The minimum atomic E-state index is -2.97. The third-order valence-electron chi connectivity index (χ3n) is 8.25. The Morgan fingerprint density at radius 1 is 0.548 bits per heavy atom. The predicted octanol–water partition coefficient (Wildman–Crippen LogP) is 10.7. The van der Waals surface area contributed by atoms with E-state index in [-0.39, 0.29) is 5.92 Å². The fourth-order valence-corrected chi connectivity index (χ4v) is 8.39. The van der Waals surface area contributed by atoms with Crippen LogP contribution in [0.25, 0.3) is 22.4 Å². The molecule has 1 aliphatic rings. The van der Waals surface area contributed by atoms with Crippen LogP contribution in [-0.2, 0) is 25.1 Å². The molecule has 0 fully saturated rings. The first-order valence-electron chi connectivity index (χ1n) is 14.0. The van der Waals surface area contributed by atoms with Crippen LogP contribution in [0, 0.1) is 0 Å². The van der Waals surface area contributed by atoms with Crippen molar-refractivity contribution in [1.29, 1.82) is 0 Å². The predicted molar refractivity (Wildman–Crippen MR) is 172 cm³/mol. The zero-order valence-electron chi connectivity index (χ0n) is 22.8. The van der Waals surface area contributed by atoms with E-state index in [1.807, 2.05) is 12.1 Å². The molecule has 4 heteroatoms. The SMILES string of the molecule is [Cl][Ti]([Cl])[O]C(c1ccccc1)(c1ccccc1)c1c(C2C(c3ccccc3)=Cc3ccccc32)ccc2ccccc12. The van der Waals surface area contributed by atoms with Gasteiger partial charge in [-0.15, -0.1) is 0 Å². The fraction of sp³-hybridized carbons (Fsp3) is 0.0526. The molecule has 6 aromatic carbocycles. The zero-order valence-corrected chi connectivity index (χ0v) is 25.8. The molecule has 0 aromatic heterocycles. The summed E-state index contributed by atoms with van der Waals surface area (Å²) in [6, 6.07) is 53.3. The van der Waals surface area contributed by atoms with E-state index >= 15 is 0 Å². The van der Waals surface area contributed by atoms with Gasteiger partial charge in [-0.2, -0.15) is 0 Å². The number of hydrogen-bond acceptors (Lipinski definition) is 1. The summed E-state index contributed by atoms with van der Waals surface area (Å²) in [6.07, 6.45) is 2.34. The van der Waals surface area contributed by atoms with E-state index in [2.05, 4.69) is 146 Å². The van der Waals surface area contributed by atoms with Gasteiger partial charge in [0.25, 0.3) is 0 Å². The normalized spacial score (nSPS) is 14.4. The molecule has 0 spiro atoms. The topological polar surface area (TPSA) is 9.23 Å². The second-order valence-electron chi connectivity index (χ2n) is 10.5. The molecular formula is C38H27Cl2OTi. The van der Waals surface area contributed by atoms with Crippen molar-refractivity contribution in [2.24, 2.45) is 0 Å². The van der Waals surface area contributed by atoms with Gasteiger partial charge in [-0.05, 0) is 0 Å². The Morgan fingerprint density at radius 2 is 1.12 bits per heavy atom. The first-order valence-corrected chi connectivity index (χ1v) is 19.0. The van der Waals surface area contributed by atoms with E-state index in [4.69, 9.17) is 21.9 Å². The summed E-state index contributed by atoms with van der Waals surface area (Å²) < 4.78 is 7.01. The van der Waals surface area contributed by atoms with Crippen LogP contribution in [0.2, 0.25) is 0 Å². The van der Waals surface area contributed by atoms with Gasteiger partial charge in [-0.1, -0.05) is 0 Å². The van der Waals surface area contributed by atoms with E-state index in [0.717, 1.165) is 27.5 Å². The van der Waals surface area contributed by atoms with E-state index in [0.29, 0.717) is 0 Å². The minimum absolute atomic E-state index is 0.0206. The van der Waals surface area contributed by atoms with E-state index < -0.39 is 21.7 Å². The standard InChI is InChI=1S/C38H27O.2ClH.Ti/c39-38(30-18-6-2-7-19-30,31-20-8-3-9-21-31)37-33-23-13-10-16-28(33)24-25-34(37)36-32-22-12-11-17-29(32)26-35(36)27-14-4-1-5-15-27;;;/h1-26,36H;2*1H;/q-1;;;+3/p-2. The van der Waals surface area contributed by atoms with Gasteiger partial charge in [0.05, 0.1) is 0 Å². The van der Waals surface area contributed by atoms with Gasteiger partial charge in [-0.25, -0.2) is 0 Å². The van der Waals surface area contributed by atoms with Crippen LogP contribution >= 0.6 is 18.6 Å². The molecule has 0 saturated carbocycles. The van der Waals surface area contributed by atoms with Gasteiger partial charge in [-0.3, -0.25) is 0 Å². The molecule has 0 amide bonds. The average Bonchev–Trinajstić information content (AvgIpc) is 3.44. The molecule has 1 atom stereocenters. The Morgan fingerprint density at radius 3 is 1.79 bits per heavy atom. The maximum absolute atomic E-state index is 7.01. The molecule has 6 aromatic rings. The molecule has 0 N–H and O–H groups in total. The first kappa shape index (κ1) is 27.4. The Kier molecular flexibility index (Phi) is 7.63. The maximum atomic E-state index is 7.01. The summed E-state index contributed by atoms with van der Waals surface area (Å²) in [6.45, 7) is 0.